The average molecular weight is 575 g/mol. The highest BCUT2D eigenvalue weighted by molar-refractivity contribution is 6.16. The molecule has 9 rings (SSSR count). The highest BCUT2D eigenvalue weighted by atomic mass is 15.0. The molecule has 9 aromatic rings. The van der Waals surface area contributed by atoms with Crippen LogP contribution in [0, 0.1) is 0 Å². The molecule has 2 heterocycles. The van der Waals surface area contributed by atoms with Gasteiger partial charge in [-0.2, -0.15) is 0 Å². The molecule has 45 heavy (non-hydrogen) atoms. The summed E-state index contributed by atoms with van der Waals surface area (Å²) < 4.78 is 2.38. The highest BCUT2D eigenvalue weighted by Crippen LogP contribution is 2.38. The van der Waals surface area contributed by atoms with Crippen LogP contribution in [-0.2, 0) is 0 Å². The Kier molecular flexibility index (Phi) is 5.78. The van der Waals surface area contributed by atoms with Gasteiger partial charge in [-0.15, -0.1) is 0 Å². The predicted molar refractivity (Wildman–Crippen MR) is 185 cm³/mol. The van der Waals surface area contributed by atoms with E-state index in [4.69, 9.17) is 15.0 Å². The lowest BCUT2D eigenvalue weighted by molar-refractivity contribution is 1.07. The minimum atomic E-state index is 0.640. The Balaban J connectivity index is 1.30. The molecule has 7 aromatic carbocycles. The maximum Gasteiger partial charge on any atom is 0.164 e. The monoisotopic (exact) mass is 574 g/mol. The van der Waals surface area contributed by atoms with Gasteiger partial charge in [-0.05, 0) is 57.9 Å². The van der Waals surface area contributed by atoms with Gasteiger partial charge in [0.1, 0.15) is 0 Å². The predicted octanol–water partition coefficient (Wildman–Crippen LogP) is 10.3. The Bertz CT molecular complexity index is 2380. The van der Waals surface area contributed by atoms with Crippen molar-refractivity contribution in [3.05, 3.63) is 158 Å². The second-order valence-electron chi connectivity index (χ2n) is 11.4. The third-order valence-electron chi connectivity index (χ3n) is 8.56. The molecule has 0 aliphatic rings. The van der Waals surface area contributed by atoms with Gasteiger partial charge in [0.15, 0.2) is 17.5 Å². The van der Waals surface area contributed by atoms with Crippen molar-refractivity contribution in [2.24, 2.45) is 0 Å². The Morgan fingerprint density at radius 1 is 0.333 bits per heavy atom. The summed E-state index contributed by atoms with van der Waals surface area (Å²) in [6, 6.07) is 55.2. The van der Waals surface area contributed by atoms with E-state index in [0.29, 0.717) is 17.5 Å². The van der Waals surface area contributed by atoms with Crippen LogP contribution in [0.25, 0.3) is 83.2 Å². The summed E-state index contributed by atoms with van der Waals surface area (Å²) in [6.45, 7) is 0. The zero-order chi connectivity index (χ0) is 29.7. The first-order chi connectivity index (χ1) is 22.3. The van der Waals surface area contributed by atoms with E-state index in [1.165, 1.54) is 43.4 Å². The summed E-state index contributed by atoms with van der Waals surface area (Å²) in [6.07, 6.45) is 0. The molecule has 0 saturated heterocycles. The van der Waals surface area contributed by atoms with E-state index in [9.17, 15) is 0 Å². The summed E-state index contributed by atoms with van der Waals surface area (Å²) in [5.74, 6) is 1.94. The first-order valence-corrected chi connectivity index (χ1v) is 15.1. The molecule has 4 heteroatoms. The van der Waals surface area contributed by atoms with E-state index in [2.05, 4.69) is 102 Å². The van der Waals surface area contributed by atoms with Gasteiger partial charge in [0.25, 0.3) is 0 Å². The normalized spacial score (nSPS) is 11.6. The van der Waals surface area contributed by atoms with Gasteiger partial charge in [0.05, 0.1) is 11.0 Å². The minimum Gasteiger partial charge on any atom is -0.309 e. The van der Waals surface area contributed by atoms with Crippen molar-refractivity contribution in [1.29, 1.82) is 0 Å². The van der Waals surface area contributed by atoms with Crippen LogP contribution in [-0.4, -0.2) is 19.5 Å². The summed E-state index contributed by atoms with van der Waals surface area (Å²) in [7, 11) is 0. The molecule has 0 bridgehead atoms. The van der Waals surface area contributed by atoms with Gasteiger partial charge >= 0.3 is 0 Å². The molecule has 210 valence electrons. The zero-order valence-electron chi connectivity index (χ0n) is 24.3. The lowest BCUT2D eigenvalue weighted by Crippen LogP contribution is -2.01. The molecular formula is C41H26N4. The van der Waals surface area contributed by atoms with E-state index in [1.54, 1.807) is 0 Å². The number of nitrogens with zero attached hydrogens (tertiary/aromatic N) is 4. The number of benzene rings is 7. The smallest absolute Gasteiger partial charge is 0.164 e. The molecule has 0 unspecified atom stereocenters. The van der Waals surface area contributed by atoms with Crippen molar-refractivity contribution in [3.63, 3.8) is 0 Å². The van der Waals surface area contributed by atoms with Crippen molar-refractivity contribution in [1.82, 2.24) is 19.5 Å². The Morgan fingerprint density at radius 3 is 1.22 bits per heavy atom. The van der Waals surface area contributed by atoms with Crippen molar-refractivity contribution in [2.75, 3.05) is 0 Å². The number of hydrogen-bond acceptors (Lipinski definition) is 3. The third kappa shape index (κ3) is 4.35. The van der Waals surface area contributed by atoms with Crippen LogP contribution in [0.4, 0.5) is 0 Å². The Labute approximate surface area is 259 Å². The molecule has 0 fully saturated rings. The average Bonchev–Trinajstić information content (AvgIpc) is 3.42. The van der Waals surface area contributed by atoms with E-state index >= 15 is 0 Å². The van der Waals surface area contributed by atoms with Gasteiger partial charge in [0.2, 0.25) is 0 Å². The van der Waals surface area contributed by atoms with Crippen LogP contribution in [0.2, 0.25) is 0 Å². The van der Waals surface area contributed by atoms with Gasteiger partial charge in [-0.25, -0.2) is 15.0 Å². The maximum absolute atomic E-state index is 5.00. The zero-order valence-corrected chi connectivity index (χ0v) is 24.3. The first kappa shape index (κ1) is 25.4. The molecule has 0 saturated carbocycles. The molecule has 0 spiro atoms. The van der Waals surface area contributed by atoms with Crippen molar-refractivity contribution in [2.45, 2.75) is 0 Å². The van der Waals surface area contributed by atoms with Crippen LogP contribution in [0.3, 0.4) is 0 Å². The van der Waals surface area contributed by atoms with Crippen LogP contribution >= 0.6 is 0 Å². The molecule has 0 amide bonds. The van der Waals surface area contributed by atoms with Gasteiger partial charge in [-0.3, -0.25) is 0 Å². The van der Waals surface area contributed by atoms with E-state index in [0.717, 1.165) is 22.4 Å². The fourth-order valence-electron chi connectivity index (χ4n) is 6.39. The molecule has 0 aliphatic heterocycles. The lowest BCUT2D eigenvalue weighted by Gasteiger charge is -2.12. The van der Waals surface area contributed by atoms with Gasteiger partial charge in [-0.1, -0.05) is 121 Å². The second-order valence-corrected chi connectivity index (χ2v) is 11.4. The number of aromatic nitrogens is 4. The van der Waals surface area contributed by atoms with Crippen LogP contribution in [0.15, 0.2) is 158 Å². The fourth-order valence-corrected chi connectivity index (χ4v) is 6.39. The number of fused-ring (bicyclic) bond motifs is 5. The first-order valence-electron chi connectivity index (χ1n) is 15.1. The maximum atomic E-state index is 5.00. The fraction of sp³-hybridized carbons (Fsp3) is 0. The van der Waals surface area contributed by atoms with Crippen LogP contribution in [0.5, 0.6) is 0 Å². The quantitative estimate of drug-likeness (QED) is 0.210. The molecular weight excluding hydrogens is 548 g/mol. The lowest BCUT2D eigenvalue weighted by atomic mass is 10.0. The Hall–Kier alpha value is -6.13. The number of hydrogen-bond donors (Lipinski definition) is 0. The van der Waals surface area contributed by atoms with Crippen molar-refractivity contribution < 1.29 is 0 Å². The molecule has 0 N–H and O–H groups in total. The number of rotatable bonds is 4. The molecule has 4 nitrogen and oxygen atoms in total. The summed E-state index contributed by atoms with van der Waals surface area (Å²) in [5, 5.41) is 7.37. The minimum absolute atomic E-state index is 0.640. The molecule has 2 aromatic heterocycles. The summed E-state index contributed by atoms with van der Waals surface area (Å²) in [5.41, 5.74) is 6.23. The van der Waals surface area contributed by atoms with E-state index in [1.807, 2.05) is 60.7 Å². The topological polar surface area (TPSA) is 43.6 Å². The SMILES string of the molecule is c1ccc(-c2nc(-c3ccccc3)nc(-c3cccc(-n4c5cc6ccccc6cc5c5cc6ccccc6cc54)c3)n2)cc1. The Morgan fingerprint density at radius 2 is 0.733 bits per heavy atom. The summed E-state index contributed by atoms with van der Waals surface area (Å²) in [4.78, 5) is 14.9. The summed E-state index contributed by atoms with van der Waals surface area (Å²) >= 11 is 0. The van der Waals surface area contributed by atoms with E-state index in [-0.39, 0.29) is 0 Å². The molecule has 0 atom stereocenters. The largest absolute Gasteiger partial charge is 0.309 e. The third-order valence-corrected chi connectivity index (χ3v) is 8.56. The molecule has 0 aliphatic carbocycles. The van der Waals surface area contributed by atoms with Gasteiger partial charge in [0, 0.05) is 33.2 Å². The molecule has 0 radical (unpaired) electrons. The van der Waals surface area contributed by atoms with Crippen molar-refractivity contribution in [3.8, 4) is 39.9 Å². The van der Waals surface area contributed by atoms with Gasteiger partial charge < -0.3 is 4.57 Å². The van der Waals surface area contributed by atoms with Crippen LogP contribution in [0.1, 0.15) is 0 Å². The second kappa shape index (κ2) is 10.2. The van der Waals surface area contributed by atoms with Crippen molar-refractivity contribution >= 4 is 43.4 Å². The van der Waals surface area contributed by atoms with E-state index < -0.39 is 0 Å². The highest BCUT2D eigenvalue weighted by Gasteiger charge is 2.17. The standard InChI is InChI=1S/C41H26N4/c1-3-12-27(13-4-1)39-42-40(28-14-5-2-6-15-28)44-41(43-39)33-20-11-21-34(22-33)45-37-25-31-18-9-7-16-29(31)23-35(37)36-24-30-17-8-10-19-32(30)26-38(36)45/h1-26H. The van der Waals surface area contributed by atoms with Crippen LogP contribution < -0.4 is 0 Å².